The number of aromatic nitrogens is 1. The Kier molecular flexibility index (Phi) is 4.24. The van der Waals surface area contributed by atoms with E-state index in [1.807, 2.05) is 39.0 Å². The van der Waals surface area contributed by atoms with Gasteiger partial charge in [0, 0.05) is 19.3 Å². The molecule has 0 radical (unpaired) electrons. The minimum Gasteiger partial charge on any atom is -0.391 e. The van der Waals surface area contributed by atoms with E-state index in [4.69, 9.17) is 0 Å². The summed E-state index contributed by atoms with van der Waals surface area (Å²) in [6, 6.07) is 5.83. The van der Waals surface area contributed by atoms with Crippen molar-refractivity contribution in [2.24, 2.45) is 5.41 Å². The molecule has 0 aliphatic carbocycles. The molecule has 0 bridgehead atoms. The summed E-state index contributed by atoms with van der Waals surface area (Å²) in [5.74, 6) is 0. The summed E-state index contributed by atoms with van der Waals surface area (Å²) in [7, 11) is 0. The zero-order valence-electron chi connectivity index (χ0n) is 9.70. The molecule has 1 atom stereocenters. The lowest BCUT2D eigenvalue weighted by Crippen LogP contribution is -2.36. The van der Waals surface area contributed by atoms with Crippen LogP contribution in [0.5, 0.6) is 0 Å². The van der Waals surface area contributed by atoms with Crippen LogP contribution in [0.15, 0.2) is 24.4 Å². The fourth-order valence-electron chi connectivity index (χ4n) is 1.15. The number of nitrogens with one attached hydrogen (secondary N) is 1. The molecule has 15 heavy (non-hydrogen) atoms. The lowest BCUT2D eigenvalue weighted by atomic mass is 9.89. The lowest BCUT2D eigenvalue weighted by Gasteiger charge is -2.25. The predicted octanol–water partition coefficient (Wildman–Crippen LogP) is 1.58. The van der Waals surface area contributed by atoms with Gasteiger partial charge in [-0.2, -0.15) is 0 Å². The molecule has 3 nitrogen and oxygen atoms in total. The summed E-state index contributed by atoms with van der Waals surface area (Å²) in [4.78, 5) is 4.19. The van der Waals surface area contributed by atoms with Crippen molar-refractivity contribution >= 4 is 0 Å². The fraction of sp³-hybridized carbons (Fsp3) is 0.583. The van der Waals surface area contributed by atoms with Crippen LogP contribution in [0.25, 0.3) is 0 Å². The van der Waals surface area contributed by atoms with E-state index in [2.05, 4.69) is 10.3 Å². The van der Waals surface area contributed by atoms with Crippen LogP contribution in [-0.2, 0) is 6.54 Å². The van der Waals surface area contributed by atoms with Crippen LogP contribution in [0.1, 0.15) is 26.5 Å². The summed E-state index contributed by atoms with van der Waals surface area (Å²) in [5, 5.41) is 13.0. The molecule has 0 aliphatic rings. The molecule has 3 heteroatoms. The molecule has 1 heterocycles. The number of aliphatic hydroxyl groups is 1. The van der Waals surface area contributed by atoms with E-state index in [1.54, 1.807) is 6.20 Å². The van der Waals surface area contributed by atoms with Gasteiger partial charge in [0.1, 0.15) is 0 Å². The number of hydrogen-bond acceptors (Lipinski definition) is 3. The van der Waals surface area contributed by atoms with Crippen molar-refractivity contribution in [1.82, 2.24) is 10.3 Å². The third-order valence-corrected chi connectivity index (χ3v) is 2.37. The molecule has 1 aromatic heterocycles. The van der Waals surface area contributed by atoms with E-state index >= 15 is 0 Å². The Morgan fingerprint density at radius 3 is 2.67 bits per heavy atom. The number of pyridine rings is 1. The largest absolute Gasteiger partial charge is 0.391 e. The molecule has 0 spiro atoms. The van der Waals surface area contributed by atoms with Crippen LogP contribution in [0.4, 0.5) is 0 Å². The Bertz CT molecular complexity index is 279. The molecule has 0 amide bonds. The summed E-state index contributed by atoms with van der Waals surface area (Å²) < 4.78 is 0. The minimum atomic E-state index is -0.332. The highest BCUT2D eigenvalue weighted by Gasteiger charge is 2.21. The van der Waals surface area contributed by atoms with Crippen LogP contribution >= 0.6 is 0 Å². The van der Waals surface area contributed by atoms with Gasteiger partial charge in [-0.1, -0.05) is 26.8 Å². The van der Waals surface area contributed by atoms with Crippen LogP contribution < -0.4 is 5.32 Å². The van der Waals surface area contributed by atoms with E-state index in [0.717, 1.165) is 5.69 Å². The first-order valence-corrected chi connectivity index (χ1v) is 5.29. The maximum atomic E-state index is 9.78. The maximum absolute atomic E-state index is 9.78. The Balaban J connectivity index is 2.28. The predicted molar refractivity (Wildman–Crippen MR) is 61.4 cm³/mol. The van der Waals surface area contributed by atoms with Gasteiger partial charge in [-0.3, -0.25) is 4.98 Å². The Hall–Kier alpha value is -0.930. The third kappa shape index (κ3) is 4.40. The quantitative estimate of drug-likeness (QED) is 0.789. The maximum Gasteiger partial charge on any atom is 0.0712 e. The van der Waals surface area contributed by atoms with Crippen LogP contribution in [0.3, 0.4) is 0 Å². The standard InChI is InChI=1S/C12H20N2O/c1-12(2,3)11(15)9-13-8-10-6-4-5-7-14-10/h4-7,11,13,15H,8-9H2,1-3H3. The number of rotatable bonds is 4. The van der Waals surface area contributed by atoms with Crippen LogP contribution in [-0.4, -0.2) is 22.7 Å². The first-order chi connectivity index (χ1) is 7.00. The normalized spacial score (nSPS) is 13.9. The Labute approximate surface area is 91.5 Å². The second-order valence-electron chi connectivity index (χ2n) is 4.83. The Morgan fingerprint density at radius 2 is 2.13 bits per heavy atom. The molecule has 1 rings (SSSR count). The van der Waals surface area contributed by atoms with Crippen molar-refractivity contribution in [1.29, 1.82) is 0 Å². The van der Waals surface area contributed by atoms with Crippen molar-refractivity contribution in [3.63, 3.8) is 0 Å². The van der Waals surface area contributed by atoms with Crippen molar-refractivity contribution < 1.29 is 5.11 Å². The van der Waals surface area contributed by atoms with Crippen LogP contribution in [0.2, 0.25) is 0 Å². The van der Waals surface area contributed by atoms with Gasteiger partial charge >= 0.3 is 0 Å². The topological polar surface area (TPSA) is 45.1 Å². The molecule has 2 N–H and O–H groups in total. The molecule has 0 saturated heterocycles. The average Bonchev–Trinajstić information content (AvgIpc) is 2.18. The van der Waals surface area contributed by atoms with Gasteiger partial charge in [-0.25, -0.2) is 0 Å². The van der Waals surface area contributed by atoms with Crippen molar-refractivity contribution in [3.05, 3.63) is 30.1 Å². The first-order valence-electron chi connectivity index (χ1n) is 5.29. The van der Waals surface area contributed by atoms with Gasteiger partial charge in [0.05, 0.1) is 11.8 Å². The average molecular weight is 208 g/mol. The van der Waals surface area contributed by atoms with E-state index in [1.165, 1.54) is 0 Å². The van der Waals surface area contributed by atoms with Crippen molar-refractivity contribution in [2.75, 3.05) is 6.54 Å². The molecule has 1 unspecified atom stereocenters. The van der Waals surface area contributed by atoms with E-state index < -0.39 is 0 Å². The molecule has 0 aromatic carbocycles. The molecule has 84 valence electrons. The van der Waals surface area contributed by atoms with Crippen LogP contribution in [0, 0.1) is 5.41 Å². The summed E-state index contributed by atoms with van der Waals surface area (Å²) in [5.41, 5.74) is 0.926. The summed E-state index contributed by atoms with van der Waals surface area (Å²) in [6.45, 7) is 7.38. The molecular formula is C12H20N2O. The summed E-state index contributed by atoms with van der Waals surface area (Å²) >= 11 is 0. The lowest BCUT2D eigenvalue weighted by molar-refractivity contribution is 0.0627. The van der Waals surface area contributed by atoms with Gasteiger partial charge in [0.25, 0.3) is 0 Å². The minimum absolute atomic E-state index is 0.0723. The zero-order valence-corrected chi connectivity index (χ0v) is 9.70. The number of nitrogens with zero attached hydrogens (tertiary/aromatic N) is 1. The first kappa shape index (κ1) is 12.1. The van der Waals surface area contributed by atoms with Gasteiger partial charge in [-0.05, 0) is 17.5 Å². The van der Waals surface area contributed by atoms with Gasteiger partial charge in [0.15, 0.2) is 0 Å². The third-order valence-electron chi connectivity index (χ3n) is 2.37. The van der Waals surface area contributed by atoms with Crippen molar-refractivity contribution in [3.8, 4) is 0 Å². The Morgan fingerprint density at radius 1 is 1.40 bits per heavy atom. The van der Waals surface area contributed by atoms with Gasteiger partial charge in [-0.15, -0.1) is 0 Å². The highest BCUT2D eigenvalue weighted by molar-refractivity contribution is 5.02. The molecule has 0 aliphatic heterocycles. The molecular weight excluding hydrogens is 188 g/mol. The number of aliphatic hydroxyl groups excluding tert-OH is 1. The van der Waals surface area contributed by atoms with E-state index in [-0.39, 0.29) is 11.5 Å². The summed E-state index contributed by atoms with van der Waals surface area (Å²) in [6.07, 6.45) is 1.44. The highest BCUT2D eigenvalue weighted by atomic mass is 16.3. The molecule has 0 saturated carbocycles. The smallest absolute Gasteiger partial charge is 0.0712 e. The van der Waals surface area contributed by atoms with Crippen molar-refractivity contribution in [2.45, 2.75) is 33.4 Å². The molecule has 0 fully saturated rings. The zero-order chi connectivity index (χ0) is 11.3. The molecule has 1 aromatic rings. The second-order valence-corrected chi connectivity index (χ2v) is 4.83. The number of hydrogen-bond donors (Lipinski definition) is 2. The van der Waals surface area contributed by atoms with Gasteiger partial charge in [0.2, 0.25) is 0 Å². The monoisotopic (exact) mass is 208 g/mol. The van der Waals surface area contributed by atoms with Gasteiger partial charge < -0.3 is 10.4 Å². The fourth-order valence-corrected chi connectivity index (χ4v) is 1.15. The van der Waals surface area contributed by atoms with E-state index in [0.29, 0.717) is 13.1 Å². The van der Waals surface area contributed by atoms with E-state index in [9.17, 15) is 5.11 Å². The SMILES string of the molecule is CC(C)(C)C(O)CNCc1ccccn1. The highest BCUT2D eigenvalue weighted by Crippen LogP contribution is 2.18. The second kappa shape index (κ2) is 5.24.